The van der Waals surface area contributed by atoms with Crippen molar-refractivity contribution in [3.05, 3.63) is 163 Å². The molecule has 0 bridgehead atoms. The van der Waals surface area contributed by atoms with Gasteiger partial charge in [-0.25, -0.2) is 0 Å². The average Bonchev–Trinajstić information content (AvgIpc) is 3.52. The molecule has 6 aromatic rings. The fourth-order valence-corrected chi connectivity index (χ4v) is 6.12. The fraction of sp³-hybridized carbons (Fsp3) is 0.0513. The smallest absolute Gasteiger partial charge is 0.272 e. The standard InChI is InChI=1S/C39H32N4O3S/c1-27(39(46)43(31-17-7-3-8-18-31)32-19-9-4-10-20-32)47-33-21-13-16-30(25-33)41-38(45)36(42-37(44)28-14-5-2-6-15-28)24-29-26-40-35-23-12-11-22-34(29)35/h2-27,40H,1H3,(H,41,45)(H,42,44)/b36-24+. The summed E-state index contributed by atoms with van der Waals surface area (Å²) in [6.07, 6.45) is 3.46. The summed E-state index contributed by atoms with van der Waals surface area (Å²) < 4.78 is 0. The number of thioether (sulfide) groups is 1. The van der Waals surface area contributed by atoms with E-state index in [1.807, 2.05) is 116 Å². The maximum atomic E-state index is 13.8. The number of benzene rings is 5. The molecule has 1 unspecified atom stereocenters. The molecule has 0 spiro atoms. The van der Waals surface area contributed by atoms with Crippen LogP contribution in [0.4, 0.5) is 17.1 Å². The molecule has 0 saturated heterocycles. The number of H-pyrrole nitrogens is 1. The monoisotopic (exact) mass is 636 g/mol. The van der Waals surface area contributed by atoms with E-state index >= 15 is 0 Å². The van der Waals surface area contributed by atoms with E-state index in [1.54, 1.807) is 47.5 Å². The molecule has 3 amide bonds. The molecular formula is C39H32N4O3S. The van der Waals surface area contributed by atoms with Crippen LogP contribution < -0.4 is 15.5 Å². The summed E-state index contributed by atoms with van der Waals surface area (Å²) in [5, 5.41) is 6.22. The predicted molar refractivity (Wildman–Crippen MR) is 191 cm³/mol. The highest BCUT2D eigenvalue weighted by Gasteiger charge is 2.25. The largest absolute Gasteiger partial charge is 0.361 e. The molecule has 3 N–H and O–H groups in total. The molecule has 0 fully saturated rings. The summed E-state index contributed by atoms with van der Waals surface area (Å²) in [5.74, 6) is -0.954. The lowest BCUT2D eigenvalue weighted by molar-refractivity contribution is -0.117. The fourth-order valence-electron chi connectivity index (χ4n) is 5.15. The molecule has 1 atom stereocenters. The third kappa shape index (κ3) is 7.52. The van der Waals surface area contributed by atoms with Gasteiger partial charge in [-0.2, -0.15) is 0 Å². The van der Waals surface area contributed by atoms with Crippen LogP contribution in [-0.4, -0.2) is 28.0 Å². The Hall–Kier alpha value is -5.86. The van der Waals surface area contributed by atoms with Gasteiger partial charge < -0.3 is 15.6 Å². The second kappa shape index (κ2) is 14.5. The minimum atomic E-state index is -0.481. The summed E-state index contributed by atoms with van der Waals surface area (Å²) in [7, 11) is 0. The third-order valence-corrected chi connectivity index (χ3v) is 8.53. The quantitative estimate of drug-likeness (QED) is 0.104. The second-order valence-electron chi connectivity index (χ2n) is 10.8. The Kier molecular flexibility index (Phi) is 9.60. The lowest BCUT2D eigenvalue weighted by atomic mass is 10.1. The normalized spacial score (nSPS) is 11.9. The summed E-state index contributed by atoms with van der Waals surface area (Å²) in [4.78, 5) is 46.4. The predicted octanol–water partition coefficient (Wildman–Crippen LogP) is 8.42. The van der Waals surface area contributed by atoms with Gasteiger partial charge in [0, 0.05) is 50.2 Å². The summed E-state index contributed by atoms with van der Waals surface area (Å²) in [5.41, 5.74) is 4.29. The summed E-state index contributed by atoms with van der Waals surface area (Å²) >= 11 is 1.40. The van der Waals surface area contributed by atoms with Crippen LogP contribution in [0.25, 0.3) is 17.0 Å². The molecular weight excluding hydrogens is 605 g/mol. The van der Waals surface area contributed by atoms with Crippen molar-refractivity contribution in [2.75, 3.05) is 10.2 Å². The molecule has 5 aromatic carbocycles. The van der Waals surface area contributed by atoms with Gasteiger partial charge in [-0.05, 0) is 73.7 Å². The highest BCUT2D eigenvalue weighted by Crippen LogP contribution is 2.32. The maximum absolute atomic E-state index is 13.8. The molecule has 7 nitrogen and oxygen atoms in total. The number of hydrogen-bond acceptors (Lipinski definition) is 4. The molecule has 1 heterocycles. The van der Waals surface area contributed by atoms with Crippen LogP contribution in [0.15, 0.2) is 156 Å². The Morgan fingerprint density at radius 1 is 0.745 bits per heavy atom. The molecule has 0 aliphatic heterocycles. The van der Waals surface area contributed by atoms with E-state index in [1.165, 1.54) is 11.8 Å². The molecule has 0 radical (unpaired) electrons. The van der Waals surface area contributed by atoms with Crippen molar-refractivity contribution in [2.24, 2.45) is 0 Å². The molecule has 47 heavy (non-hydrogen) atoms. The number of carbonyl (C=O) groups excluding carboxylic acids is 3. The number of carbonyl (C=O) groups is 3. The highest BCUT2D eigenvalue weighted by atomic mass is 32.2. The van der Waals surface area contributed by atoms with Crippen LogP contribution in [0.5, 0.6) is 0 Å². The number of aromatic amines is 1. The number of nitrogens with one attached hydrogen (secondary N) is 3. The number of anilines is 3. The van der Waals surface area contributed by atoms with Gasteiger partial charge in [0.05, 0.1) is 5.25 Å². The van der Waals surface area contributed by atoms with Gasteiger partial charge in [0.25, 0.3) is 11.8 Å². The number of aromatic nitrogens is 1. The van der Waals surface area contributed by atoms with Gasteiger partial charge in [-0.15, -0.1) is 11.8 Å². The lowest BCUT2D eigenvalue weighted by Gasteiger charge is -2.26. The summed E-state index contributed by atoms with van der Waals surface area (Å²) in [6, 6.07) is 42.9. The molecule has 8 heteroatoms. The van der Waals surface area contributed by atoms with E-state index in [4.69, 9.17) is 0 Å². The Labute approximate surface area is 277 Å². The van der Waals surface area contributed by atoms with Crippen molar-refractivity contribution < 1.29 is 14.4 Å². The van der Waals surface area contributed by atoms with Crippen LogP contribution >= 0.6 is 11.8 Å². The van der Waals surface area contributed by atoms with Gasteiger partial charge in [0.1, 0.15) is 5.70 Å². The Morgan fingerprint density at radius 2 is 1.36 bits per heavy atom. The first kappa shape index (κ1) is 31.1. The molecule has 0 saturated carbocycles. The van der Waals surface area contributed by atoms with E-state index in [0.29, 0.717) is 11.3 Å². The van der Waals surface area contributed by atoms with Gasteiger partial charge in [-0.3, -0.25) is 19.3 Å². The van der Waals surface area contributed by atoms with Crippen molar-refractivity contribution in [3.63, 3.8) is 0 Å². The Morgan fingerprint density at radius 3 is 2.04 bits per heavy atom. The van der Waals surface area contributed by atoms with Crippen LogP contribution in [0, 0.1) is 0 Å². The van der Waals surface area contributed by atoms with Crippen molar-refractivity contribution >= 4 is 63.5 Å². The molecule has 0 aliphatic rings. The number of amides is 3. The van der Waals surface area contributed by atoms with Crippen LogP contribution in [0.3, 0.4) is 0 Å². The van der Waals surface area contributed by atoms with Crippen LogP contribution in [-0.2, 0) is 9.59 Å². The van der Waals surface area contributed by atoms with Crippen LogP contribution in [0.2, 0.25) is 0 Å². The van der Waals surface area contributed by atoms with Crippen molar-refractivity contribution in [3.8, 4) is 0 Å². The SMILES string of the molecule is CC(Sc1cccc(NC(=O)/C(=C\c2c[nH]c3ccccc23)NC(=O)c2ccccc2)c1)C(=O)N(c1ccccc1)c1ccccc1. The first-order chi connectivity index (χ1) is 23.0. The zero-order valence-corrected chi connectivity index (χ0v) is 26.4. The number of para-hydroxylation sites is 3. The van der Waals surface area contributed by atoms with Crippen LogP contribution in [0.1, 0.15) is 22.8 Å². The zero-order valence-electron chi connectivity index (χ0n) is 25.6. The lowest BCUT2D eigenvalue weighted by Crippen LogP contribution is -2.32. The van der Waals surface area contributed by atoms with E-state index in [2.05, 4.69) is 15.6 Å². The third-order valence-electron chi connectivity index (χ3n) is 7.45. The molecule has 232 valence electrons. The minimum absolute atomic E-state index is 0.0746. The van der Waals surface area contributed by atoms with Crippen molar-refractivity contribution in [1.82, 2.24) is 10.3 Å². The number of nitrogens with zero attached hydrogens (tertiary/aromatic N) is 1. The van der Waals surface area contributed by atoms with Gasteiger partial charge in [-0.1, -0.05) is 78.9 Å². The first-order valence-electron chi connectivity index (χ1n) is 15.1. The van der Waals surface area contributed by atoms with Crippen molar-refractivity contribution in [1.29, 1.82) is 0 Å². The average molecular weight is 637 g/mol. The van der Waals surface area contributed by atoms with E-state index in [-0.39, 0.29) is 11.6 Å². The number of fused-ring (bicyclic) bond motifs is 1. The molecule has 1 aromatic heterocycles. The maximum Gasteiger partial charge on any atom is 0.272 e. The van der Waals surface area contributed by atoms with Gasteiger partial charge in [0.15, 0.2) is 0 Å². The van der Waals surface area contributed by atoms with E-state index < -0.39 is 17.1 Å². The Balaban J connectivity index is 1.22. The molecule has 6 rings (SSSR count). The summed E-state index contributed by atoms with van der Waals surface area (Å²) in [6.45, 7) is 1.87. The minimum Gasteiger partial charge on any atom is -0.361 e. The van der Waals surface area contributed by atoms with E-state index in [9.17, 15) is 14.4 Å². The Bertz CT molecular complexity index is 2000. The zero-order chi connectivity index (χ0) is 32.6. The second-order valence-corrected chi connectivity index (χ2v) is 12.2. The van der Waals surface area contributed by atoms with Gasteiger partial charge in [0.2, 0.25) is 5.91 Å². The topological polar surface area (TPSA) is 94.3 Å². The van der Waals surface area contributed by atoms with Crippen molar-refractivity contribution in [2.45, 2.75) is 17.1 Å². The first-order valence-corrected chi connectivity index (χ1v) is 16.0. The number of hydrogen-bond donors (Lipinski definition) is 3. The van der Waals surface area contributed by atoms with E-state index in [0.717, 1.165) is 32.7 Å². The number of rotatable bonds is 10. The highest BCUT2D eigenvalue weighted by molar-refractivity contribution is 8.00. The van der Waals surface area contributed by atoms with Gasteiger partial charge >= 0.3 is 0 Å². The molecule has 0 aliphatic carbocycles.